The average molecular weight is 489 g/mol. The van der Waals surface area contributed by atoms with Crippen LogP contribution >= 0.6 is 0 Å². The van der Waals surface area contributed by atoms with Crippen LogP contribution in [0.5, 0.6) is 0 Å². The van der Waals surface area contributed by atoms with Gasteiger partial charge in [0.15, 0.2) is 0 Å². The molecule has 1 N–H and O–H groups in total. The molecule has 0 saturated heterocycles. The summed E-state index contributed by atoms with van der Waals surface area (Å²) in [5.74, 6) is -4.88. The first-order valence-corrected chi connectivity index (χ1v) is 11.6. The number of carbonyl (C=O) groups excluding carboxylic acids is 1. The number of aliphatic carboxylic acids is 1. The lowest BCUT2D eigenvalue weighted by atomic mass is 9.74. The van der Waals surface area contributed by atoms with Gasteiger partial charge in [-0.05, 0) is 43.0 Å². The third-order valence-corrected chi connectivity index (χ3v) is 6.20. The van der Waals surface area contributed by atoms with E-state index in [1.54, 1.807) is 31.2 Å². The first kappa shape index (κ1) is 28.2. The van der Waals surface area contributed by atoms with E-state index >= 15 is 8.78 Å². The molecule has 2 aromatic rings. The second kappa shape index (κ2) is 12.1. The second-order valence-electron chi connectivity index (χ2n) is 9.41. The Bertz CT molecular complexity index is 1020. The molecule has 190 valence electrons. The molecule has 0 bridgehead atoms. The molecule has 2 aromatic carbocycles. The van der Waals surface area contributed by atoms with E-state index in [2.05, 4.69) is 0 Å². The Morgan fingerprint density at radius 3 is 2.31 bits per heavy atom. The van der Waals surface area contributed by atoms with E-state index < -0.39 is 35.1 Å². The molecule has 0 spiro atoms. The largest absolute Gasteiger partial charge is 0.481 e. The highest BCUT2D eigenvalue weighted by atomic mass is 19.3. The van der Waals surface area contributed by atoms with Gasteiger partial charge in [0, 0.05) is 12.5 Å². The normalized spacial score (nSPS) is 14.0. The first-order chi connectivity index (χ1) is 16.4. The lowest BCUT2D eigenvalue weighted by molar-refractivity contribution is -0.153. The molecule has 0 radical (unpaired) electrons. The molecule has 0 amide bonds. The molecule has 0 aliphatic carbocycles. The molecule has 0 aliphatic rings. The SMILES string of the molecule is CCOC(=O)/C=C/c1cccc(C(C)(CCC(F)(F)C(C)(C)COCc2ccccc2)C(=O)O)c1. The second-order valence-corrected chi connectivity index (χ2v) is 9.41. The maximum absolute atomic E-state index is 15.3. The average Bonchev–Trinajstić information content (AvgIpc) is 2.82. The molecular formula is C28H34F2O5. The maximum atomic E-state index is 15.3. The number of hydrogen-bond donors (Lipinski definition) is 1. The molecule has 0 aromatic heterocycles. The summed E-state index contributed by atoms with van der Waals surface area (Å²) < 4.78 is 40.9. The van der Waals surface area contributed by atoms with Crippen molar-refractivity contribution < 1.29 is 33.0 Å². The summed E-state index contributed by atoms with van der Waals surface area (Å²) in [5.41, 5.74) is -1.19. The number of alkyl halides is 2. The van der Waals surface area contributed by atoms with Gasteiger partial charge in [-0.3, -0.25) is 4.79 Å². The number of ether oxygens (including phenoxy) is 2. The highest BCUT2D eigenvalue weighted by Gasteiger charge is 2.49. The molecule has 5 nitrogen and oxygen atoms in total. The van der Waals surface area contributed by atoms with Gasteiger partial charge >= 0.3 is 11.9 Å². The van der Waals surface area contributed by atoms with Crippen LogP contribution in [0.2, 0.25) is 0 Å². The number of carboxylic acids is 1. The molecule has 35 heavy (non-hydrogen) atoms. The molecule has 0 saturated carbocycles. The summed E-state index contributed by atoms with van der Waals surface area (Å²) in [6, 6.07) is 15.8. The van der Waals surface area contributed by atoms with E-state index in [9.17, 15) is 14.7 Å². The van der Waals surface area contributed by atoms with Crippen LogP contribution in [0.3, 0.4) is 0 Å². The number of halogens is 2. The Hall–Kier alpha value is -3.06. The fourth-order valence-corrected chi connectivity index (χ4v) is 3.56. The van der Waals surface area contributed by atoms with Crippen LogP contribution in [0.15, 0.2) is 60.7 Å². The number of benzene rings is 2. The summed E-state index contributed by atoms with van der Waals surface area (Å²) >= 11 is 0. The Morgan fingerprint density at radius 1 is 1.00 bits per heavy atom. The van der Waals surface area contributed by atoms with Crippen molar-refractivity contribution >= 4 is 18.0 Å². The van der Waals surface area contributed by atoms with Gasteiger partial charge < -0.3 is 14.6 Å². The quantitative estimate of drug-likeness (QED) is 0.266. The zero-order valence-electron chi connectivity index (χ0n) is 20.7. The number of esters is 1. The Morgan fingerprint density at radius 2 is 1.69 bits per heavy atom. The number of rotatable bonds is 13. The first-order valence-electron chi connectivity index (χ1n) is 11.6. The third kappa shape index (κ3) is 7.72. The van der Waals surface area contributed by atoms with Crippen molar-refractivity contribution in [2.45, 2.75) is 58.5 Å². The summed E-state index contributed by atoms with van der Waals surface area (Å²) in [7, 11) is 0. The van der Waals surface area contributed by atoms with Crippen molar-refractivity contribution in [3.8, 4) is 0 Å². The summed E-state index contributed by atoms with van der Waals surface area (Å²) in [6.07, 6.45) is 1.85. The Labute approximate surface area is 205 Å². The van der Waals surface area contributed by atoms with Crippen molar-refractivity contribution in [2.24, 2.45) is 5.41 Å². The van der Waals surface area contributed by atoms with Crippen molar-refractivity contribution in [3.05, 3.63) is 77.4 Å². The maximum Gasteiger partial charge on any atom is 0.330 e. The monoisotopic (exact) mass is 488 g/mol. The zero-order valence-corrected chi connectivity index (χ0v) is 20.7. The van der Waals surface area contributed by atoms with Crippen molar-refractivity contribution in [2.75, 3.05) is 13.2 Å². The number of carbonyl (C=O) groups is 2. The van der Waals surface area contributed by atoms with Crippen LogP contribution in [0.4, 0.5) is 8.78 Å². The molecule has 0 heterocycles. The molecule has 0 fully saturated rings. The Balaban J connectivity index is 2.12. The van der Waals surface area contributed by atoms with Crippen LogP contribution in [-0.4, -0.2) is 36.2 Å². The van der Waals surface area contributed by atoms with Crippen LogP contribution in [0.25, 0.3) is 6.08 Å². The summed E-state index contributed by atoms with van der Waals surface area (Å²) in [4.78, 5) is 23.8. The highest BCUT2D eigenvalue weighted by molar-refractivity contribution is 5.87. The molecular weight excluding hydrogens is 454 g/mol. The lowest BCUT2D eigenvalue weighted by Crippen LogP contribution is -2.43. The minimum atomic E-state index is -3.16. The van der Waals surface area contributed by atoms with Gasteiger partial charge in [0.1, 0.15) is 0 Å². The van der Waals surface area contributed by atoms with Crippen LogP contribution in [0, 0.1) is 5.41 Å². The van der Waals surface area contributed by atoms with Crippen molar-refractivity contribution in [1.82, 2.24) is 0 Å². The number of carboxylic acid groups (broad SMARTS) is 1. The Kier molecular flexibility index (Phi) is 9.72. The van der Waals surface area contributed by atoms with Gasteiger partial charge in [-0.2, -0.15) is 0 Å². The van der Waals surface area contributed by atoms with E-state index in [-0.39, 0.29) is 26.2 Å². The predicted molar refractivity (Wildman–Crippen MR) is 131 cm³/mol. The van der Waals surface area contributed by atoms with E-state index in [0.29, 0.717) is 11.1 Å². The predicted octanol–water partition coefficient (Wildman–Crippen LogP) is 6.26. The molecule has 1 atom stereocenters. The van der Waals surface area contributed by atoms with Gasteiger partial charge in [-0.25, -0.2) is 13.6 Å². The van der Waals surface area contributed by atoms with E-state index in [1.807, 2.05) is 30.3 Å². The zero-order chi connectivity index (χ0) is 26.1. The van der Waals surface area contributed by atoms with E-state index in [4.69, 9.17) is 9.47 Å². The fraction of sp³-hybridized carbons (Fsp3) is 0.429. The van der Waals surface area contributed by atoms with E-state index in [0.717, 1.165) is 5.56 Å². The molecule has 7 heteroatoms. The van der Waals surface area contributed by atoms with Crippen molar-refractivity contribution in [1.29, 1.82) is 0 Å². The molecule has 2 rings (SSSR count). The minimum Gasteiger partial charge on any atom is -0.481 e. The van der Waals surface area contributed by atoms with Gasteiger partial charge in [0.05, 0.1) is 30.7 Å². The lowest BCUT2D eigenvalue weighted by Gasteiger charge is -2.36. The van der Waals surface area contributed by atoms with E-state index in [1.165, 1.54) is 32.9 Å². The fourth-order valence-electron chi connectivity index (χ4n) is 3.56. The smallest absolute Gasteiger partial charge is 0.330 e. The number of hydrogen-bond acceptors (Lipinski definition) is 4. The van der Waals surface area contributed by atoms with Crippen LogP contribution in [0.1, 0.15) is 57.2 Å². The third-order valence-electron chi connectivity index (χ3n) is 6.20. The van der Waals surface area contributed by atoms with Gasteiger partial charge in [-0.15, -0.1) is 0 Å². The van der Waals surface area contributed by atoms with Crippen LogP contribution < -0.4 is 0 Å². The van der Waals surface area contributed by atoms with Gasteiger partial charge in [0.25, 0.3) is 5.92 Å². The standard InChI is InChI=1S/C28H34F2O5/c1-5-35-24(31)15-14-21-12-9-13-23(18-21)27(4,25(32)33)16-17-28(29,30)26(2,3)20-34-19-22-10-7-6-8-11-22/h6-15,18H,5,16-17,19-20H2,1-4H3,(H,32,33)/b15-14+. The summed E-state index contributed by atoms with van der Waals surface area (Å²) in [5, 5.41) is 9.97. The van der Waals surface area contributed by atoms with Crippen LogP contribution in [-0.2, 0) is 31.1 Å². The van der Waals surface area contributed by atoms with Crippen molar-refractivity contribution in [3.63, 3.8) is 0 Å². The minimum absolute atomic E-state index is 0.174. The molecule has 1 unspecified atom stereocenters. The highest BCUT2D eigenvalue weighted by Crippen LogP contribution is 2.43. The topological polar surface area (TPSA) is 72.8 Å². The molecule has 0 aliphatic heterocycles. The summed E-state index contributed by atoms with van der Waals surface area (Å²) in [6.45, 7) is 6.28. The van der Waals surface area contributed by atoms with Gasteiger partial charge in [0.2, 0.25) is 0 Å². The van der Waals surface area contributed by atoms with Gasteiger partial charge in [-0.1, -0.05) is 68.4 Å².